The molecule has 3 rings (SSSR count). The first-order chi connectivity index (χ1) is 16.4. The molecular weight excluding hydrogens is 432 g/mol. The SMILES string of the molecule is CC#CCC(NC(=O)CCCC(C)NC(=O)OCC1c2ccccc2-c2ccccc21)C(=O)O. The Morgan fingerprint density at radius 2 is 1.65 bits per heavy atom. The van der Waals surface area contributed by atoms with Crippen molar-refractivity contribution in [3.8, 4) is 23.0 Å². The van der Waals surface area contributed by atoms with Crippen LogP contribution >= 0.6 is 0 Å². The summed E-state index contributed by atoms with van der Waals surface area (Å²) in [6, 6.07) is 15.1. The molecule has 0 saturated heterocycles. The van der Waals surface area contributed by atoms with Crippen molar-refractivity contribution in [1.29, 1.82) is 0 Å². The normalized spacial score (nSPS) is 13.5. The number of hydrogen-bond donors (Lipinski definition) is 3. The quantitative estimate of drug-likeness (QED) is 0.462. The van der Waals surface area contributed by atoms with E-state index in [1.54, 1.807) is 6.92 Å². The van der Waals surface area contributed by atoms with Gasteiger partial charge in [-0.25, -0.2) is 9.59 Å². The topological polar surface area (TPSA) is 105 Å². The Labute approximate surface area is 199 Å². The molecule has 1 aliphatic rings. The van der Waals surface area contributed by atoms with Crippen LogP contribution in [0.3, 0.4) is 0 Å². The zero-order valence-corrected chi connectivity index (χ0v) is 19.5. The van der Waals surface area contributed by atoms with Crippen LogP contribution in [0.2, 0.25) is 0 Å². The average Bonchev–Trinajstić information content (AvgIpc) is 3.14. The predicted molar refractivity (Wildman–Crippen MR) is 129 cm³/mol. The Hall–Kier alpha value is -3.79. The summed E-state index contributed by atoms with van der Waals surface area (Å²) in [6.45, 7) is 3.70. The van der Waals surface area contributed by atoms with Crippen LogP contribution in [0.25, 0.3) is 11.1 Å². The van der Waals surface area contributed by atoms with Gasteiger partial charge in [0.15, 0.2) is 0 Å². The van der Waals surface area contributed by atoms with Gasteiger partial charge in [0.05, 0.1) is 0 Å². The van der Waals surface area contributed by atoms with Gasteiger partial charge in [0, 0.05) is 24.8 Å². The second-order valence-corrected chi connectivity index (χ2v) is 8.35. The molecule has 178 valence electrons. The Bertz CT molecular complexity index is 1060. The molecule has 0 aromatic heterocycles. The van der Waals surface area contributed by atoms with Gasteiger partial charge in [-0.05, 0) is 48.9 Å². The van der Waals surface area contributed by atoms with Gasteiger partial charge in [0.1, 0.15) is 12.6 Å². The molecule has 3 N–H and O–H groups in total. The van der Waals surface area contributed by atoms with Crippen molar-refractivity contribution in [2.45, 2.75) is 57.5 Å². The summed E-state index contributed by atoms with van der Waals surface area (Å²) in [7, 11) is 0. The van der Waals surface area contributed by atoms with Crippen LogP contribution < -0.4 is 10.6 Å². The van der Waals surface area contributed by atoms with Crippen molar-refractivity contribution in [2.24, 2.45) is 0 Å². The van der Waals surface area contributed by atoms with Gasteiger partial charge in [-0.1, -0.05) is 48.5 Å². The Balaban J connectivity index is 1.42. The summed E-state index contributed by atoms with van der Waals surface area (Å²) < 4.78 is 5.55. The fourth-order valence-corrected chi connectivity index (χ4v) is 4.15. The molecule has 0 heterocycles. The summed E-state index contributed by atoms with van der Waals surface area (Å²) in [6.07, 6.45) is 0.798. The molecule has 0 radical (unpaired) electrons. The predicted octanol–water partition coefficient (Wildman–Crippen LogP) is 4.07. The highest BCUT2D eigenvalue weighted by Crippen LogP contribution is 2.44. The molecule has 2 amide bonds. The van der Waals surface area contributed by atoms with Crippen molar-refractivity contribution in [2.75, 3.05) is 6.61 Å². The van der Waals surface area contributed by atoms with Crippen LogP contribution in [0.15, 0.2) is 48.5 Å². The number of hydrogen-bond acceptors (Lipinski definition) is 4. The molecule has 34 heavy (non-hydrogen) atoms. The minimum atomic E-state index is -1.11. The molecule has 1 aliphatic carbocycles. The van der Waals surface area contributed by atoms with Gasteiger partial charge in [-0.15, -0.1) is 11.8 Å². The highest BCUT2D eigenvalue weighted by molar-refractivity contribution is 5.83. The van der Waals surface area contributed by atoms with E-state index in [1.807, 2.05) is 31.2 Å². The fourth-order valence-electron chi connectivity index (χ4n) is 4.15. The third-order valence-corrected chi connectivity index (χ3v) is 5.87. The van der Waals surface area contributed by atoms with Crippen LogP contribution in [0.4, 0.5) is 4.79 Å². The zero-order chi connectivity index (χ0) is 24.5. The largest absolute Gasteiger partial charge is 0.480 e. The summed E-state index contributed by atoms with van der Waals surface area (Å²) >= 11 is 0. The van der Waals surface area contributed by atoms with Crippen LogP contribution in [0.1, 0.15) is 56.6 Å². The fraction of sp³-hybridized carbons (Fsp3) is 0.370. The number of aliphatic carboxylic acids is 1. The molecule has 2 aromatic carbocycles. The number of rotatable bonds is 10. The minimum Gasteiger partial charge on any atom is -0.480 e. The van der Waals surface area contributed by atoms with Crippen LogP contribution in [-0.4, -0.2) is 41.8 Å². The third-order valence-electron chi connectivity index (χ3n) is 5.87. The van der Waals surface area contributed by atoms with E-state index in [2.05, 4.69) is 46.7 Å². The number of amides is 2. The van der Waals surface area contributed by atoms with Gasteiger partial charge >= 0.3 is 12.1 Å². The number of nitrogens with one attached hydrogen (secondary N) is 2. The number of benzene rings is 2. The summed E-state index contributed by atoms with van der Waals surface area (Å²) in [5.41, 5.74) is 4.65. The molecule has 2 atom stereocenters. The maximum absolute atomic E-state index is 12.4. The lowest BCUT2D eigenvalue weighted by atomic mass is 9.98. The Morgan fingerprint density at radius 3 is 2.24 bits per heavy atom. The second-order valence-electron chi connectivity index (χ2n) is 8.35. The van der Waals surface area contributed by atoms with E-state index in [0.717, 1.165) is 11.1 Å². The Morgan fingerprint density at radius 1 is 1.03 bits per heavy atom. The van der Waals surface area contributed by atoms with Crippen molar-refractivity contribution >= 4 is 18.0 Å². The third kappa shape index (κ3) is 6.38. The molecule has 0 fully saturated rings. The lowest BCUT2D eigenvalue weighted by molar-refractivity contribution is -0.141. The number of ether oxygens (including phenoxy) is 1. The average molecular weight is 463 g/mol. The number of carboxylic acids is 1. The lowest BCUT2D eigenvalue weighted by Gasteiger charge is -2.17. The number of carbonyl (C=O) groups is 3. The lowest BCUT2D eigenvalue weighted by Crippen LogP contribution is -2.40. The van der Waals surface area contributed by atoms with E-state index in [9.17, 15) is 14.4 Å². The van der Waals surface area contributed by atoms with Gasteiger partial charge in [-0.2, -0.15) is 0 Å². The molecule has 2 aromatic rings. The van der Waals surface area contributed by atoms with E-state index in [1.165, 1.54) is 11.1 Å². The van der Waals surface area contributed by atoms with Crippen LogP contribution in [0, 0.1) is 11.8 Å². The highest BCUT2D eigenvalue weighted by atomic mass is 16.5. The summed E-state index contributed by atoms with van der Waals surface area (Å²) in [5, 5.41) is 14.4. The summed E-state index contributed by atoms with van der Waals surface area (Å²) in [4.78, 5) is 35.6. The van der Waals surface area contributed by atoms with E-state index in [-0.39, 0.29) is 37.3 Å². The molecule has 7 heteroatoms. The van der Waals surface area contributed by atoms with E-state index < -0.39 is 18.1 Å². The van der Waals surface area contributed by atoms with Crippen molar-refractivity contribution < 1.29 is 24.2 Å². The van der Waals surface area contributed by atoms with Gasteiger partial charge < -0.3 is 20.5 Å². The smallest absolute Gasteiger partial charge is 0.407 e. The highest BCUT2D eigenvalue weighted by Gasteiger charge is 2.29. The summed E-state index contributed by atoms with van der Waals surface area (Å²) in [5.74, 6) is 3.83. The first kappa shape index (κ1) is 24.8. The van der Waals surface area contributed by atoms with Crippen LogP contribution in [-0.2, 0) is 14.3 Å². The van der Waals surface area contributed by atoms with E-state index in [4.69, 9.17) is 9.84 Å². The molecule has 7 nitrogen and oxygen atoms in total. The first-order valence-electron chi connectivity index (χ1n) is 11.4. The number of carbonyl (C=O) groups excluding carboxylic acids is 2. The maximum Gasteiger partial charge on any atom is 0.407 e. The van der Waals surface area contributed by atoms with Gasteiger partial charge in [0.25, 0.3) is 0 Å². The standard InChI is InChI=1S/C27H30N2O5/c1-3-4-15-24(26(31)32)29-25(30)16-9-10-18(2)28-27(33)34-17-23-21-13-7-5-11-19(21)20-12-6-8-14-22(20)23/h5-8,11-14,18,23-24H,9-10,15-17H2,1-2H3,(H,28,33)(H,29,30)(H,31,32). The monoisotopic (exact) mass is 462 g/mol. The van der Waals surface area contributed by atoms with Crippen molar-refractivity contribution in [1.82, 2.24) is 10.6 Å². The Kier molecular flexibility index (Phi) is 8.69. The first-order valence-corrected chi connectivity index (χ1v) is 11.4. The maximum atomic E-state index is 12.4. The van der Waals surface area contributed by atoms with Crippen molar-refractivity contribution in [3.05, 3.63) is 59.7 Å². The van der Waals surface area contributed by atoms with E-state index >= 15 is 0 Å². The van der Waals surface area contributed by atoms with Crippen LogP contribution in [0.5, 0.6) is 0 Å². The van der Waals surface area contributed by atoms with E-state index in [0.29, 0.717) is 12.8 Å². The number of carboxylic acid groups (broad SMARTS) is 1. The van der Waals surface area contributed by atoms with Crippen molar-refractivity contribution in [3.63, 3.8) is 0 Å². The minimum absolute atomic E-state index is 0.00303. The molecule has 0 aliphatic heterocycles. The number of alkyl carbamates (subject to hydrolysis) is 1. The molecule has 0 spiro atoms. The second kappa shape index (κ2) is 11.9. The van der Waals surface area contributed by atoms with Gasteiger partial charge in [0.2, 0.25) is 5.91 Å². The molecule has 2 unspecified atom stereocenters. The molecular formula is C27H30N2O5. The number of fused-ring (bicyclic) bond motifs is 3. The zero-order valence-electron chi connectivity index (χ0n) is 19.5. The molecule has 0 bridgehead atoms. The molecule has 0 saturated carbocycles. The van der Waals surface area contributed by atoms with Gasteiger partial charge in [-0.3, -0.25) is 4.79 Å².